The molecule has 1 aromatic carbocycles. The Balaban J connectivity index is 2.28. The molecule has 0 aliphatic rings. The zero-order chi connectivity index (χ0) is 13.3. The van der Waals surface area contributed by atoms with Crippen molar-refractivity contribution in [2.45, 2.75) is 12.3 Å². The number of benzene rings is 1. The Hall–Kier alpha value is -1.82. The predicted octanol–water partition coefficient (Wildman–Crippen LogP) is 3.68. The maximum absolute atomic E-state index is 12.7. The second-order valence-corrected chi connectivity index (χ2v) is 3.65. The number of hydrogen-bond donors (Lipinski definition) is 1. The fraction of sp³-hybridized carbons (Fsp3) is 0.167. The van der Waals surface area contributed by atoms with E-state index in [1.54, 1.807) is 0 Å². The first-order valence-corrected chi connectivity index (χ1v) is 4.98. The van der Waals surface area contributed by atoms with E-state index in [9.17, 15) is 17.6 Å². The van der Waals surface area contributed by atoms with Crippen molar-refractivity contribution < 1.29 is 27.1 Å². The van der Waals surface area contributed by atoms with Crippen LogP contribution >= 0.6 is 0 Å². The third-order valence-electron chi connectivity index (χ3n) is 2.34. The fourth-order valence-corrected chi connectivity index (χ4v) is 1.43. The van der Waals surface area contributed by atoms with E-state index in [2.05, 4.69) is 0 Å². The number of hydrogen-bond acceptors (Lipinski definition) is 2. The summed E-state index contributed by atoms with van der Waals surface area (Å²) in [5, 5.41) is 8.98. The summed E-state index contributed by atoms with van der Waals surface area (Å²) < 4.78 is 54.3. The highest BCUT2D eigenvalue weighted by atomic mass is 19.4. The Morgan fingerprint density at radius 2 is 1.61 bits per heavy atom. The fourth-order valence-electron chi connectivity index (χ4n) is 1.43. The van der Waals surface area contributed by atoms with E-state index in [0.717, 1.165) is 18.2 Å². The second-order valence-electron chi connectivity index (χ2n) is 3.65. The van der Waals surface area contributed by atoms with Gasteiger partial charge in [-0.15, -0.1) is 0 Å². The van der Waals surface area contributed by atoms with Gasteiger partial charge in [0.2, 0.25) is 6.10 Å². The van der Waals surface area contributed by atoms with Crippen molar-refractivity contribution >= 4 is 0 Å². The van der Waals surface area contributed by atoms with Crippen LogP contribution in [-0.4, -0.2) is 11.3 Å². The molecule has 0 spiro atoms. The van der Waals surface area contributed by atoms with Crippen molar-refractivity contribution in [2.75, 3.05) is 0 Å². The minimum atomic E-state index is -4.78. The van der Waals surface area contributed by atoms with Gasteiger partial charge in [-0.3, -0.25) is 0 Å². The molecule has 1 heterocycles. The van der Waals surface area contributed by atoms with Gasteiger partial charge in [-0.25, -0.2) is 4.39 Å². The molecule has 0 saturated carbocycles. The van der Waals surface area contributed by atoms with E-state index < -0.39 is 23.9 Å². The largest absolute Gasteiger partial charge is 0.458 e. The Morgan fingerprint density at radius 1 is 1.00 bits per heavy atom. The van der Waals surface area contributed by atoms with Gasteiger partial charge < -0.3 is 9.52 Å². The van der Waals surface area contributed by atoms with Crippen LogP contribution in [-0.2, 0) is 0 Å². The molecule has 0 fully saturated rings. The summed E-state index contributed by atoms with van der Waals surface area (Å²) >= 11 is 0. The summed E-state index contributed by atoms with van der Waals surface area (Å²) in [5.41, 5.74) is 0.428. The van der Waals surface area contributed by atoms with Crippen LogP contribution in [0.1, 0.15) is 11.9 Å². The maximum atomic E-state index is 12.7. The Kier molecular flexibility index (Phi) is 3.13. The minimum Gasteiger partial charge on any atom is -0.458 e. The molecule has 1 aromatic heterocycles. The third kappa shape index (κ3) is 2.53. The van der Waals surface area contributed by atoms with Gasteiger partial charge in [-0.05, 0) is 36.4 Å². The lowest BCUT2D eigenvalue weighted by Gasteiger charge is -2.11. The van der Waals surface area contributed by atoms with E-state index >= 15 is 0 Å². The van der Waals surface area contributed by atoms with Crippen molar-refractivity contribution in [1.82, 2.24) is 0 Å². The predicted molar refractivity (Wildman–Crippen MR) is 55.1 cm³/mol. The topological polar surface area (TPSA) is 33.4 Å². The monoisotopic (exact) mass is 260 g/mol. The van der Waals surface area contributed by atoms with Crippen LogP contribution in [0, 0.1) is 5.82 Å². The summed E-state index contributed by atoms with van der Waals surface area (Å²) in [7, 11) is 0. The first kappa shape index (κ1) is 12.6. The molecule has 0 saturated heterocycles. The van der Waals surface area contributed by atoms with Crippen LogP contribution in [0.4, 0.5) is 17.6 Å². The number of halogens is 4. The standard InChI is InChI=1S/C12H8F4O2/c13-8-3-1-7(2-4-8)9-5-6-10(18-9)11(17)12(14,15)16/h1-6,11,17H. The van der Waals surface area contributed by atoms with Crippen molar-refractivity contribution in [2.24, 2.45) is 0 Å². The van der Waals surface area contributed by atoms with Crippen molar-refractivity contribution in [3.05, 3.63) is 48.0 Å². The van der Waals surface area contributed by atoms with E-state index in [1.807, 2.05) is 0 Å². The summed E-state index contributed by atoms with van der Waals surface area (Å²) in [5.74, 6) is -0.920. The van der Waals surface area contributed by atoms with Crippen LogP contribution in [0.15, 0.2) is 40.8 Å². The van der Waals surface area contributed by atoms with E-state index in [4.69, 9.17) is 9.52 Å². The van der Waals surface area contributed by atoms with E-state index in [-0.39, 0.29) is 5.76 Å². The average molecular weight is 260 g/mol. The van der Waals surface area contributed by atoms with Crippen molar-refractivity contribution in [3.63, 3.8) is 0 Å². The Morgan fingerprint density at radius 3 is 2.17 bits per heavy atom. The van der Waals surface area contributed by atoms with Crippen LogP contribution in [0.5, 0.6) is 0 Å². The van der Waals surface area contributed by atoms with E-state index in [0.29, 0.717) is 5.56 Å². The van der Waals surface area contributed by atoms with Crippen LogP contribution in [0.25, 0.3) is 11.3 Å². The highest BCUT2D eigenvalue weighted by molar-refractivity contribution is 5.57. The van der Waals surface area contributed by atoms with Gasteiger partial charge >= 0.3 is 6.18 Å². The molecule has 96 valence electrons. The average Bonchev–Trinajstić information content (AvgIpc) is 2.77. The first-order chi connectivity index (χ1) is 8.38. The molecule has 0 radical (unpaired) electrons. The van der Waals surface area contributed by atoms with Gasteiger partial charge in [-0.1, -0.05) is 0 Å². The SMILES string of the molecule is OC(c1ccc(-c2ccc(F)cc2)o1)C(F)(F)F. The molecule has 1 unspecified atom stereocenters. The Bertz CT molecular complexity index is 528. The lowest BCUT2D eigenvalue weighted by molar-refractivity contribution is -0.211. The lowest BCUT2D eigenvalue weighted by atomic mass is 10.2. The molecular weight excluding hydrogens is 252 g/mol. The molecule has 0 aliphatic carbocycles. The first-order valence-electron chi connectivity index (χ1n) is 4.98. The number of alkyl halides is 3. The molecule has 18 heavy (non-hydrogen) atoms. The van der Waals surface area contributed by atoms with Gasteiger partial charge in [-0.2, -0.15) is 13.2 Å². The summed E-state index contributed by atoms with van der Waals surface area (Å²) in [6.07, 6.45) is -7.44. The molecule has 1 N–H and O–H groups in total. The molecule has 0 bridgehead atoms. The lowest BCUT2D eigenvalue weighted by Crippen LogP contribution is -2.19. The molecule has 0 aliphatic heterocycles. The third-order valence-corrected chi connectivity index (χ3v) is 2.34. The van der Waals surface area contributed by atoms with Gasteiger partial charge in [0.25, 0.3) is 0 Å². The van der Waals surface area contributed by atoms with Gasteiger partial charge in [0.15, 0.2) is 0 Å². The zero-order valence-electron chi connectivity index (χ0n) is 8.91. The number of aliphatic hydroxyl groups excluding tert-OH is 1. The van der Waals surface area contributed by atoms with E-state index in [1.165, 1.54) is 18.2 Å². The molecule has 2 nitrogen and oxygen atoms in total. The summed E-state index contributed by atoms with van der Waals surface area (Å²) in [6.45, 7) is 0. The highest BCUT2D eigenvalue weighted by Gasteiger charge is 2.41. The second kappa shape index (κ2) is 4.45. The van der Waals surface area contributed by atoms with Gasteiger partial charge in [0.05, 0.1) is 0 Å². The Labute approximate surface area is 99.5 Å². The normalized spacial score (nSPS) is 13.6. The van der Waals surface area contributed by atoms with Crippen molar-refractivity contribution in [1.29, 1.82) is 0 Å². The molecule has 0 amide bonds. The van der Waals surface area contributed by atoms with Crippen LogP contribution < -0.4 is 0 Å². The van der Waals surface area contributed by atoms with Crippen LogP contribution in [0.2, 0.25) is 0 Å². The minimum absolute atomic E-state index is 0.133. The molecule has 2 aromatic rings. The van der Waals surface area contributed by atoms with Crippen LogP contribution in [0.3, 0.4) is 0 Å². The smallest absolute Gasteiger partial charge is 0.421 e. The molecule has 2 rings (SSSR count). The number of rotatable bonds is 2. The summed E-state index contributed by atoms with van der Waals surface area (Å²) in [6, 6.07) is 7.40. The molecular formula is C12H8F4O2. The van der Waals surface area contributed by atoms with Crippen molar-refractivity contribution in [3.8, 4) is 11.3 Å². The number of aliphatic hydroxyl groups is 1. The molecule has 6 heteroatoms. The zero-order valence-corrected chi connectivity index (χ0v) is 8.91. The summed E-state index contributed by atoms with van der Waals surface area (Å²) in [4.78, 5) is 0. The highest BCUT2D eigenvalue weighted by Crippen LogP contribution is 2.35. The maximum Gasteiger partial charge on any atom is 0.421 e. The van der Waals surface area contributed by atoms with Gasteiger partial charge in [0.1, 0.15) is 17.3 Å². The van der Waals surface area contributed by atoms with Gasteiger partial charge in [0, 0.05) is 5.56 Å². The quantitative estimate of drug-likeness (QED) is 0.835. The number of furan rings is 1. The molecule has 1 atom stereocenters.